The standard InChI is InChI=1S/C17H28N2O/c1-2-3-4-5-8-15(19-18)13-14-11-12-20-17-10-7-6-9-16(14)17/h6-7,9-10,14-15,19H,2-5,8,11-13,18H2,1H3. The molecule has 0 fully saturated rings. The van der Waals surface area contributed by atoms with Crippen LogP contribution in [0.25, 0.3) is 0 Å². The number of unbranched alkanes of at least 4 members (excludes halogenated alkanes) is 3. The Morgan fingerprint density at radius 3 is 2.95 bits per heavy atom. The van der Waals surface area contributed by atoms with Gasteiger partial charge in [-0.15, -0.1) is 0 Å². The van der Waals surface area contributed by atoms with Gasteiger partial charge in [0.1, 0.15) is 5.75 Å². The second-order valence-corrected chi connectivity index (χ2v) is 5.82. The topological polar surface area (TPSA) is 47.3 Å². The lowest BCUT2D eigenvalue weighted by Crippen LogP contribution is -2.37. The number of rotatable bonds is 8. The summed E-state index contributed by atoms with van der Waals surface area (Å²) in [4.78, 5) is 0. The van der Waals surface area contributed by atoms with E-state index in [0.29, 0.717) is 12.0 Å². The fourth-order valence-corrected chi connectivity index (χ4v) is 3.09. The van der Waals surface area contributed by atoms with E-state index < -0.39 is 0 Å². The highest BCUT2D eigenvalue weighted by Crippen LogP contribution is 2.36. The average Bonchev–Trinajstić information content (AvgIpc) is 2.50. The van der Waals surface area contributed by atoms with E-state index in [0.717, 1.165) is 25.2 Å². The van der Waals surface area contributed by atoms with Gasteiger partial charge in [-0.25, -0.2) is 0 Å². The minimum atomic E-state index is 0.419. The third kappa shape index (κ3) is 4.22. The summed E-state index contributed by atoms with van der Waals surface area (Å²) in [5, 5.41) is 0. The Labute approximate surface area is 122 Å². The molecule has 20 heavy (non-hydrogen) atoms. The van der Waals surface area contributed by atoms with Gasteiger partial charge in [0.15, 0.2) is 0 Å². The molecule has 1 aliphatic heterocycles. The van der Waals surface area contributed by atoms with Crippen LogP contribution in [0.1, 0.15) is 63.4 Å². The van der Waals surface area contributed by atoms with Crippen molar-refractivity contribution in [2.75, 3.05) is 6.61 Å². The number of fused-ring (bicyclic) bond motifs is 1. The van der Waals surface area contributed by atoms with Gasteiger partial charge in [-0.1, -0.05) is 50.8 Å². The van der Waals surface area contributed by atoms with Gasteiger partial charge in [-0.2, -0.15) is 0 Å². The molecular weight excluding hydrogens is 248 g/mol. The third-order valence-corrected chi connectivity index (χ3v) is 4.29. The molecule has 1 aromatic carbocycles. The first-order valence-corrected chi connectivity index (χ1v) is 8.03. The largest absolute Gasteiger partial charge is 0.493 e. The van der Waals surface area contributed by atoms with E-state index in [-0.39, 0.29) is 0 Å². The Bertz CT molecular complexity index is 394. The van der Waals surface area contributed by atoms with Crippen molar-refractivity contribution >= 4 is 0 Å². The third-order valence-electron chi connectivity index (χ3n) is 4.29. The van der Waals surface area contributed by atoms with Gasteiger partial charge >= 0.3 is 0 Å². The van der Waals surface area contributed by atoms with Crippen LogP contribution >= 0.6 is 0 Å². The predicted octanol–water partition coefficient (Wildman–Crippen LogP) is 3.75. The van der Waals surface area contributed by atoms with Crippen molar-refractivity contribution < 1.29 is 4.74 Å². The number of benzene rings is 1. The molecule has 3 heteroatoms. The fraction of sp³-hybridized carbons (Fsp3) is 0.647. The van der Waals surface area contributed by atoms with Crippen molar-refractivity contribution in [1.82, 2.24) is 5.43 Å². The van der Waals surface area contributed by atoms with E-state index in [1.807, 2.05) is 6.07 Å². The van der Waals surface area contributed by atoms with Crippen molar-refractivity contribution in [2.24, 2.45) is 5.84 Å². The summed E-state index contributed by atoms with van der Waals surface area (Å²) in [5.41, 5.74) is 4.37. The molecule has 0 bridgehead atoms. The lowest BCUT2D eigenvalue weighted by atomic mass is 9.86. The number of nitrogens with one attached hydrogen (secondary N) is 1. The van der Waals surface area contributed by atoms with Crippen LogP contribution in [0, 0.1) is 0 Å². The van der Waals surface area contributed by atoms with Crippen molar-refractivity contribution in [3.8, 4) is 5.75 Å². The number of hydrogen-bond donors (Lipinski definition) is 2. The lowest BCUT2D eigenvalue weighted by Gasteiger charge is -2.29. The van der Waals surface area contributed by atoms with Gasteiger partial charge in [0.25, 0.3) is 0 Å². The molecule has 1 aromatic rings. The Hall–Kier alpha value is -1.06. The van der Waals surface area contributed by atoms with Crippen LogP contribution in [0.4, 0.5) is 0 Å². The second kappa shape index (κ2) is 8.28. The second-order valence-electron chi connectivity index (χ2n) is 5.82. The fourth-order valence-electron chi connectivity index (χ4n) is 3.09. The maximum atomic E-state index is 5.74. The molecule has 2 rings (SSSR count). The molecule has 2 unspecified atom stereocenters. The summed E-state index contributed by atoms with van der Waals surface area (Å²) < 4.78 is 5.73. The highest BCUT2D eigenvalue weighted by atomic mass is 16.5. The zero-order valence-corrected chi connectivity index (χ0v) is 12.6. The monoisotopic (exact) mass is 276 g/mol. The van der Waals surface area contributed by atoms with E-state index in [4.69, 9.17) is 10.6 Å². The SMILES string of the molecule is CCCCCCC(CC1CCOc2ccccc21)NN. The average molecular weight is 276 g/mol. The molecule has 3 N–H and O–H groups in total. The van der Waals surface area contributed by atoms with Gasteiger partial charge in [-0.3, -0.25) is 11.3 Å². The summed E-state index contributed by atoms with van der Waals surface area (Å²) in [6.07, 6.45) is 8.60. The number of para-hydroxylation sites is 1. The van der Waals surface area contributed by atoms with Crippen LogP contribution < -0.4 is 16.0 Å². The Morgan fingerprint density at radius 2 is 2.15 bits per heavy atom. The Balaban J connectivity index is 1.88. The van der Waals surface area contributed by atoms with Gasteiger partial charge in [0.05, 0.1) is 6.61 Å². The van der Waals surface area contributed by atoms with Crippen molar-refractivity contribution in [3.63, 3.8) is 0 Å². The molecule has 0 saturated carbocycles. The Kier molecular flexibility index (Phi) is 6.34. The van der Waals surface area contributed by atoms with E-state index in [1.165, 1.54) is 37.7 Å². The summed E-state index contributed by atoms with van der Waals surface area (Å²) in [6, 6.07) is 8.84. The first-order chi connectivity index (χ1) is 9.85. The maximum absolute atomic E-state index is 5.74. The Morgan fingerprint density at radius 1 is 1.30 bits per heavy atom. The number of hydrazine groups is 1. The molecule has 1 heterocycles. The van der Waals surface area contributed by atoms with Crippen molar-refractivity contribution in [3.05, 3.63) is 29.8 Å². The molecule has 1 aliphatic rings. The molecule has 3 nitrogen and oxygen atoms in total. The highest BCUT2D eigenvalue weighted by molar-refractivity contribution is 5.37. The number of nitrogens with two attached hydrogens (primary N) is 1. The molecule has 0 radical (unpaired) electrons. The molecular formula is C17H28N2O. The smallest absolute Gasteiger partial charge is 0.122 e. The van der Waals surface area contributed by atoms with Gasteiger partial charge < -0.3 is 4.74 Å². The van der Waals surface area contributed by atoms with Crippen LogP contribution in [-0.2, 0) is 0 Å². The summed E-state index contributed by atoms with van der Waals surface area (Å²) in [5.74, 6) is 7.38. The highest BCUT2D eigenvalue weighted by Gasteiger charge is 2.23. The van der Waals surface area contributed by atoms with Crippen LogP contribution in [0.15, 0.2) is 24.3 Å². The van der Waals surface area contributed by atoms with Crippen LogP contribution in [-0.4, -0.2) is 12.6 Å². The lowest BCUT2D eigenvalue weighted by molar-refractivity contribution is 0.252. The first-order valence-electron chi connectivity index (χ1n) is 8.03. The van der Waals surface area contributed by atoms with Crippen molar-refractivity contribution in [2.45, 2.75) is 63.8 Å². The molecule has 0 spiro atoms. The summed E-state index contributed by atoms with van der Waals surface area (Å²) in [6.45, 7) is 3.08. The minimum Gasteiger partial charge on any atom is -0.493 e. The van der Waals surface area contributed by atoms with E-state index in [2.05, 4.69) is 30.5 Å². The van der Waals surface area contributed by atoms with E-state index in [1.54, 1.807) is 0 Å². The number of hydrogen-bond acceptors (Lipinski definition) is 3. The molecule has 112 valence electrons. The van der Waals surface area contributed by atoms with Gasteiger partial charge in [-0.05, 0) is 36.8 Å². The van der Waals surface area contributed by atoms with Crippen LogP contribution in [0.2, 0.25) is 0 Å². The minimum absolute atomic E-state index is 0.419. The maximum Gasteiger partial charge on any atom is 0.122 e. The van der Waals surface area contributed by atoms with E-state index in [9.17, 15) is 0 Å². The molecule has 0 saturated heterocycles. The molecule has 0 aromatic heterocycles. The summed E-state index contributed by atoms with van der Waals surface area (Å²) in [7, 11) is 0. The molecule has 0 aliphatic carbocycles. The number of ether oxygens (including phenoxy) is 1. The van der Waals surface area contributed by atoms with Crippen LogP contribution in [0.3, 0.4) is 0 Å². The molecule has 0 amide bonds. The summed E-state index contributed by atoms with van der Waals surface area (Å²) >= 11 is 0. The zero-order chi connectivity index (χ0) is 14.2. The molecule has 2 atom stereocenters. The van der Waals surface area contributed by atoms with Gasteiger partial charge in [0, 0.05) is 6.04 Å². The normalized spacial score (nSPS) is 19.2. The van der Waals surface area contributed by atoms with Crippen molar-refractivity contribution in [1.29, 1.82) is 0 Å². The first kappa shape index (κ1) is 15.3. The predicted molar refractivity (Wildman–Crippen MR) is 83.8 cm³/mol. The van der Waals surface area contributed by atoms with Crippen LogP contribution in [0.5, 0.6) is 5.75 Å². The van der Waals surface area contributed by atoms with Gasteiger partial charge in [0.2, 0.25) is 0 Å². The quantitative estimate of drug-likeness (QED) is 0.432. The zero-order valence-electron chi connectivity index (χ0n) is 12.6. The van der Waals surface area contributed by atoms with E-state index >= 15 is 0 Å².